The van der Waals surface area contributed by atoms with Gasteiger partial charge in [-0.2, -0.15) is 0 Å². The zero-order valence-electron chi connectivity index (χ0n) is 10.4. The highest BCUT2D eigenvalue weighted by Crippen LogP contribution is 2.06. The Bertz CT molecular complexity index is 339. The minimum absolute atomic E-state index is 0.112. The molecule has 0 fully saturated rings. The number of nitrogens with zero attached hydrogens (tertiary/aromatic N) is 1. The molecule has 1 rings (SSSR count). The van der Waals surface area contributed by atoms with Gasteiger partial charge in [0.05, 0.1) is 6.10 Å². The van der Waals surface area contributed by atoms with Gasteiger partial charge in [-0.05, 0) is 19.4 Å². The number of carbonyl (C=O) groups is 1. The van der Waals surface area contributed by atoms with Crippen molar-refractivity contribution in [3.8, 4) is 0 Å². The minimum Gasteiger partial charge on any atom is -0.447 e. The summed E-state index contributed by atoms with van der Waals surface area (Å²) in [6.45, 7) is 5.13. The molecule has 0 atom stereocenters. The van der Waals surface area contributed by atoms with Crippen LogP contribution in [0.2, 0.25) is 0 Å². The molecule has 0 unspecified atom stereocenters. The zero-order chi connectivity index (χ0) is 12.7. The third-order valence-corrected chi connectivity index (χ3v) is 2.21. The Morgan fingerprint density at radius 2 is 2.00 bits per heavy atom. The van der Waals surface area contributed by atoms with Gasteiger partial charge in [0.25, 0.3) is 0 Å². The van der Waals surface area contributed by atoms with E-state index in [1.807, 2.05) is 44.2 Å². The molecule has 17 heavy (non-hydrogen) atoms. The SMILES string of the molecule is CC(C)OC(=O)N(CCN)Cc1ccccc1. The Hall–Kier alpha value is -1.55. The average molecular weight is 236 g/mol. The molecule has 0 aliphatic carbocycles. The number of hydrogen-bond acceptors (Lipinski definition) is 3. The summed E-state index contributed by atoms with van der Waals surface area (Å²) < 4.78 is 5.17. The number of amides is 1. The molecule has 94 valence electrons. The van der Waals surface area contributed by atoms with Crippen molar-refractivity contribution in [1.82, 2.24) is 4.90 Å². The zero-order valence-corrected chi connectivity index (χ0v) is 10.4. The Labute approximate surface area is 102 Å². The first-order chi connectivity index (χ1) is 8.13. The van der Waals surface area contributed by atoms with Crippen molar-refractivity contribution in [2.45, 2.75) is 26.5 Å². The van der Waals surface area contributed by atoms with Crippen molar-refractivity contribution in [2.75, 3.05) is 13.1 Å². The first kappa shape index (κ1) is 13.5. The topological polar surface area (TPSA) is 55.6 Å². The van der Waals surface area contributed by atoms with E-state index < -0.39 is 0 Å². The van der Waals surface area contributed by atoms with Crippen LogP contribution in [-0.4, -0.2) is 30.2 Å². The van der Waals surface area contributed by atoms with Crippen LogP contribution < -0.4 is 5.73 Å². The summed E-state index contributed by atoms with van der Waals surface area (Å²) in [4.78, 5) is 13.4. The molecule has 0 bridgehead atoms. The molecule has 4 heteroatoms. The predicted molar refractivity (Wildman–Crippen MR) is 67.5 cm³/mol. The third kappa shape index (κ3) is 4.87. The van der Waals surface area contributed by atoms with Crippen LogP contribution >= 0.6 is 0 Å². The molecule has 0 aliphatic heterocycles. The lowest BCUT2D eigenvalue weighted by atomic mass is 10.2. The summed E-state index contributed by atoms with van der Waals surface area (Å²) in [5.74, 6) is 0. The molecule has 0 radical (unpaired) electrons. The Morgan fingerprint density at radius 1 is 1.35 bits per heavy atom. The van der Waals surface area contributed by atoms with Crippen LogP contribution in [0, 0.1) is 0 Å². The lowest BCUT2D eigenvalue weighted by Gasteiger charge is -2.22. The second-order valence-corrected chi connectivity index (χ2v) is 4.13. The molecule has 0 saturated heterocycles. The van der Waals surface area contributed by atoms with Crippen LogP contribution in [0.4, 0.5) is 4.79 Å². The van der Waals surface area contributed by atoms with Gasteiger partial charge in [0, 0.05) is 19.6 Å². The third-order valence-electron chi connectivity index (χ3n) is 2.21. The van der Waals surface area contributed by atoms with E-state index >= 15 is 0 Å². The lowest BCUT2D eigenvalue weighted by Crippen LogP contribution is -2.36. The van der Waals surface area contributed by atoms with E-state index in [1.54, 1.807) is 4.90 Å². The molecule has 0 aromatic heterocycles. The first-order valence-electron chi connectivity index (χ1n) is 5.83. The van der Waals surface area contributed by atoms with Crippen molar-refractivity contribution in [2.24, 2.45) is 5.73 Å². The minimum atomic E-state index is -0.311. The monoisotopic (exact) mass is 236 g/mol. The smallest absolute Gasteiger partial charge is 0.410 e. The van der Waals surface area contributed by atoms with Crippen LogP contribution in [0.5, 0.6) is 0 Å². The number of nitrogens with two attached hydrogens (primary N) is 1. The van der Waals surface area contributed by atoms with Crippen molar-refractivity contribution < 1.29 is 9.53 Å². The second-order valence-electron chi connectivity index (χ2n) is 4.13. The van der Waals surface area contributed by atoms with Crippen LogP contribution in [0.3, 0.4) is 0 Å². The van der Waals surface area contributed by atoms with Gasteiger partial charge in [-0.3, -0.25) is 0 Å². The van der Waals surface area contributed by atoms with Crippen molar-refractivity contribution in [3.63, 3.8) is 0 Å². The predicted octanol–water partition coefficient (Wildman–Crippen LogP) is 1.99. The molecule has 1 aromatic rings. The van der Waals surface area contributed by atoms with Gasteiger partial charge in [-0.1, -0.05) is 30.3 Å². The van der Waals surface area contributed by atoms with Crippen LogP contribution in [-0.2, 0) is 11.3 Å². The maximum Gasteiger partial charge on any atom is 0.410 e. The van der Waals surface area contributed by atoms with E-state index in [-0.39, 0.29) is 12.2 Å². The number of hydrogen-bond donors (Lipinski definition) is 1. The van der Waals surface area contributed by atoms with Gasteiger partial charge in [-0.25, -0.2) is 4.79 Å². The van der Waals surface area contributed by atoms with E-state index in [1.165, 1.54) is 0 Å². The van der Waals surface area contributed by atoms with E-state index in [2.05, 4.69) is 0 Å². The highest BCUT2D eigenvalue weighted by atomic mass is 16.6. The summed E-state index contributed by atoms with van der Waals surface area (Å²) in [6, 6.07) is 9.80. The van der Waals surface area contributed by atoms with Crippen LogP contribution in [0.1, 0.15) is 19.4 Å². The van der Waals surface area contributed by atoms with Gasteiger partial charge < -0.3 is 15.4 Å². The molecule has 2 N–H and O–H groups in total. The Balaban J connectivity index is 2.63. The largest absolute Gasteiger partial charge is 0.447 e. The lowest BCUT2D eigenvalue weighted by molar-refractivity contribution is 0.0754. The quantitative estimate of drug-likeness (QED) is 0.850. The van der Waals surface area contributed by atoms with E-state index in [0.29, 0.717) is 19.6 Å². The number of rotatable bonds is 5. The summed E-state index contributed by atoms with van der Waals surface area (Å²) in [6.07, 6.45) is -0.423. The fourth-order valence-electron chi connectivity index (χ4n) is 1.47. The fourth-order valence-corrected chi connectivity index (χ4v) is 1.47. The normalized spacial score (nSPS) is 10.4. The first-order valence-corrected chi connectivity index (χ1v) is 5.83. The highest BCUT2D eigenvalue weighted by molar-refractivity contribution is 5.67. The summed E-state index contributed by atoms with van der Waals surface area (Å²) >= 11 is 0. The number of carbonyl (C=O) groups excluding carboxylic acids is 1. The molecule has 4 nitrogen and oxygen atoms in total. The van der Waals surface area contributed by atoms with Crippen molar-refractivity contribution in [1.29, 1.82) is 0 Å². The van der Waals surface area contributed by atoms with Crippen molar-refractivity contribution >= 4 is 6.09 Å². The van der Waals surface area contributed by atoms with Gasteiger partial charge in [0.2, 0.25) is 0 Å². The maximum atomic E-state index is 11.8. The van der Waals surface area contributed by atoms with Gasteiger partial charge in [0.15, 0.2) is 0 Å². The molecule has 1 amide bonds. The summed E-state index contributed by atoms with van der Waals surface area (Å²) in [5, 5.41) is 0. The molecule has 0 aliphatic rings. The van der Waals surface area contributed by atoms with E-state index in [0.717, 1.165) is 5.56 Å². The summed E-state index contributed by atoms with van der Waals surface area (Å²) in [7, 11) is 0. The molecular formula is C13H20N2O2. The maximum absolute atomic E-state index is 11.8. The Kier molecular flexibility index (Phi) is 5.49. The fraction of sp³-hybridized carbons (Fsp3) is 0.462. The summed E-state index contributed by atoms with van der Waals surface area (Å²) in [5.41, 5.74) is 6.57. The molecule has 0 heterocycles. The average Bonchev–Trinajstić information content (AvgIpc) is 2.29. The Morgan fingerprint density at radius 3 is 2.53 bits per heavy atom. The van der Waals surface area contributed by atoms with Crippen LogP contribution in [0.15, 0.2) is 30.3 Å². The van der Waals surface area contributed by atoms with E-state index in [4.69, 9.17) is 10.5 Å². The molecule has 0 saturated carbocycles. The second kappa shape index (κ2) is 6.91. The van der Waals surface area contributed by atoms with Gasteiger partial charge in [0.1, 0.15) is 0 Å². The van der Waals surface area contributed by atoms with Gasteiger partial charge >= 0.3 is 6.09 Å². The van der Waals surface area contributed by atoms with Gasteiger partial charge in [-0.15, -0.1) is 0 Å². The molecule has 0 spiro atoms. The molecule has 1 aromatic carbocycles. The molecular weight excluding hydrogens is 216 g/mol. The standard InChI is InChI=1S/C13H20N2O2/c1-11(2)17-13(16)15(9-8-14)10-12-6-4-3-5-7-12/h3-7,11H,8-10,14H2,1-2H3. The van der Waals surface area contributed by atoms with E-state index in [9.17, 15) is 4.79 Å². The number of ether oxygens (including phenoxy) is 1. The van der Waals surface area contributed by atoms with Crippen LogP contribution in [0.25, 0.3) is 0 Å². The highest BCUT2D eigenvalue weighted by Gasteiger charge is 2.15. The number of benzene rings is 1. The van der Waals surface area contributed by atoms with Crippen molar-refractivity contribution in [3.05, 3.63) is 35.9 Å².